The Kier molecular flexibility index (Phi) is 3.94. The van der Waals surface area contributed by atoms with Gasteiger partial charge < -0.3 is 5.32 Å². The summed E-state index contributed by atoms with van der Waals surface area (Å²) in [6.45, 7) is 3.08. The molecule has 0 saturated heterocycles. The molecular weight excluding hydrogens is 210 g/mol. The highest BCUT2D eigenvalue weighted by molar-refractivity contribution is 5.35. The number of nitrogens with zero attached hydrogens (tertiary/aromatic N) is 2. The molecule has 0 unspecified atom stereocenters. The lowest BCUT2D eigenvalue weighted by atomic mass is 10.1. The Morgan fingerprint density at radius 2 is 2.00 bits per heavy atom. The lowest BCUT2D eigenvalue weighted by Gasteiger charge is -2.08. The predicted molar refractivity (Wildman–Crippen MR) is 70.3 cm³/mol. The minimum absolute atomic E-state index is 0.877. The molecule has 0 fully saturated rings. The molecule has 0 aliphatic heterocycles. The second kappa shape index (κ2) is 5.64. The number of aromatic nitrogens is 2. The molecule has 2 aromatic rings. The summed E-state index contributed by atoms with van der Waals surface area (Å²) >= 11 is 0. The minimum atomic E-state index is 0.877. The summed E-state index contributed by atoms with van der Waals surface area (Å²) in [6, 6.07) is 10.3. The maximum absolute atomic E-state index is 4.50. The summed E-state index contributed by atoms with van der Waals surface area (Å²) in [7, 11) is 1.97. The Morgan fingerprint density at radius 1 is 1.24 bits per heavy atom. The number of hydrogen-bond acceptors (Lipinski definition) is 2. The molecule has 0 atom stereocenters. The van der Waals surface area contributed by atoms with E-state index in [0.717, 1.165) is 25.1 Å². The summed E-state index contributed by atoms with van der Waals surface area (Å²) in [6.07, 6.45) is 4.16. The van der Waals surface area contributed by atoms with Crippen molar-refractivity contribution in [1.29, 1.82) is 0 Å². The molecule has 3 heteroatoms. The van der Waals surface area contributed by atoms with Gasteiger partial charge in [0.15, 0.2) is 0 Å². The SMILES string of the molecule is CCCc1c(CNC)cnn1-c1ccccc1. The first kappa shape index (κ1) is 11.9. The van der Waals surface area contributed by atoms with Crippen molar-refractivity contribution in [3.8, 4) is 5.69 Å². The summed E-state index contributed by atoms with van der Waals surface area (Å²) in [5.41, 5.74) is 3.74. The molecule has 0 aliphatic rings. The molecule has 0 radical (unpaired) electrons. The van der Waals surface area contributed by atoms with E-state index in [-0.39, 0.29) is 0 Å². The average molecular weight is 229 g/mol. The van der Waals surface area contributed by atoms with Gasteiger partial charge in [0, 0.05) is 17.8 Å². The van der Waals surface area contributed by atoms with Crippen molar-refractivity contribution in [3.63, 3.8) is 0 Å². The van der Waals surface area contributed by atoms with Crippen molar-refractivity contribution in [3.05, 3.63) is 47.8 Å². The molecule has 1 aromatic carbocycles. The van der Waals surface area contributed by atoms with Crippen LogP contribution in [0.3, 0.4) is 0 Å². The number of para-hydroxylation sites is 1. The largest absolute Gasteiger partial charge is 0.316 e. The van der Waals surface area contributed by atoms with Crippen LogP contribution in [-0.2, 0) is 13.0 Å². The van der Waals surface area contributed by atoms with E-state index in [4.69, 9.17) is 0 Å². The molecule has 0 amide bonds. The van der Waals surface area contributed by atoms with Gasteiger partial charge in [-0.1, -0.05) is 31.5 Å². The van der Waals surface area contributed by atoms with Crippen LogP contribution in [0.5, 0.6) is 0 Å². The quantitative estimate of drug-likeness (QED) is 0.854. The number of benzene rings is 1. The van der Waals surface area contributed by atoms with Crippen molar-refractivity contribution in [2.45, 2.75) is 26.3 Å². The fourth-order valence-electron chi connectivity index (χ4n) is 2.04. The third-order valence-corrected chi connectivity index (χ3v) is 2.81. The summed E-state index contributed by atoms with van der Waals surface area (Å²) < 4.78 is 2.05. The van der Waals surface area contributed by atoms with Crippen LogP contribution in [0, 0.1) is 0 Å². The molecule has 0 aliphatic carbocycles. The van der Waals surface area contributed by atoms with Crippen molar-refractivity contribution in [2.24, 2.45) is 0 Å². The Morgan fingerprint density at radius 3 is 2.65 bits per heavy atom. The van der Waals surface area contributed by atoms with Crippen LogP contribution in [0.15, 0.2) is 36.5 Å². The first-order valence-electron chi connectivity index (χ1n) is 6.12. The van der Waals surface area contributed by atoms with Crippen LogP contribution in [0.2, 0.25) is 0 Å². The monoisotopic (exact) mass is 229 g/mol. The molecule has 90 valence electrons. The van der Waals surface area contributed by atoms with Gasteiger partial charge in [-0.25, -0.2) is 4.68 Å². The molecule has 0 spiro atoms. The van der Waals surface area contributed by atoms with E-state index in [0.29, 0.717) is 0 Å². The van der Waals surface area contributed by atoms with Crippen LogP contribution in [0.4, 0.5) is 0 Å². The van der Waals surface area contributed by atoms with Gasteiger partial charge in [-0.2, -0.15) is 5.10 Å². The summed E-state index contributed by atoms with van der Waals surface area (Å²) in [4.78, 5) is 0. The van der Waals surface area contributed by atoms with Gasteiger partial charge >= 0.3 is 0 Å². The lowest BCUT2D eigenvalue weighted by molar-refractivity contribution is 0.750. The Labute approximate surface area is 102 Å². The normalized spacial score (nSPS) is 10.7. The fraction of sp³-hybridized carbons (Fsp3) is 0.357. The van der Waals surface area contributed by atoms with Crippen molar-refractivity contribution >= 4 is 0 Å². The molecule has 1 heterocycles. The van der Waals surface area contributed by atoms with E-state index in [2.05, 4.69) is 34.2 Å². The Balaban J connectivity index is 2.40. The molecule has 3 nitrogen and oxygen atoms in total. The standard InChI is InChI=1S/C14H19N3/c1-3-7-14-12(10-15-2)11-16-17(14)13-8-5-4-6-9-13/h4-6,8-9,11,15H,3,7,10H2,1-2H3. The van der Waals surface area contributed by atoms with Gasteiger partial charge in [0.25, 0.3) is 0 Å². The molecule has 0 bridgehead atoms. The summed E-state index contributed by atoms with van der Waals surface area (Å²) in [5.74, 6) is 0. The zero-order chi connectivity index (χ0) is 12.1. The zero-order valence-corrected chi connectivity index (χ0v) is 10.5. The topological polar surface area (TPSA) is 29.9 Å². The third-order valence-electron chi connectivity index (χ3n) is 2.81. The summed E-state index contributed by atoms with van der Waals surface area (Å²) in [5, 5.41) is 7.69. The highest BCUT2D eigenvalue weighted by atomic mass is 15.3. The number of nitrogens with one attached hydrogen (secondary N) is 1. The highest BCUT2D eigenvalue weighted by Gasteiger charge is 2.10. The molecular formula is C14H19N3. The lowest BCUT2D eigenvalue weighted by Crippen LogP contribution is -2.09. The number of hydrogen-bond donors (Lipinski definition) is 1. The van der Waals surface area contributed by atoms with Crippen LogP contribution >= 0.6 is 0 Å². The average Bonchev–Trinajstić information content (AvgIpc) is 2.75. The molecule has 17 heavy (non-hydrogen) atoms. The van der Waals surface area contributed by atoms with E-state index >= 15 is 0 Å². The van der Waals surface area contributed by atoms with Gasteiger partial charge in [-0.15, -0.1) is 0 Å². The van der Waals surface area contributed by atoms with Gasteiger partial charge in [-0.05, 0) is 25.6 Å². The maximum Gasteiger partial charge on any atom is 0.0648 e. The smallest absolute Gasteiger partial charge is 0.0648 e. The van der Waals surface area contributed by atoms with Gasteiger partial charge in [0.05, 0.1) is 11.9 Å². The second-order valence-corrected chi connectivity index (χ2v) is 4.14. The van der Waals surface area contributed by atoms with Crippen LogP contribution < -0.4 is 5.32 Å². The van der Waals surface area contributed by atoms with E-state index in [1.807, 2.05) is 31.4 Å². The van der Waals surface area contributed by atoms with Crippen molar-refractivity contribution in [2.75, 3.05) is 7.05 Å². The minimum Gasteiger partial charge on any atom is -0.316 e. The van der Waals surface area contributed by atoms with Gasteiger partial charge in [0.1, 0.15) is 0 Å². The van der Waals surface area contributed by atoms with Gasteiger partial charge in [-0.3, -0.25) is 0 Å². The van der Waals surface area contributed by atoms with Crippen LogP contribution in [0.25, 0.3) is 5.69 Å². The highest BCUT2D eigenvalue weighted by Crippen LogP contribution is 2.16. The first-order chi connectivity index (χ1) is 8.36. The fourth-order valence-corrected chi connectivity index (χ4v) is 2.04. The maximum atomic E-state index is 4.50. The van der Waals surface area contributed by atoms with Crippen molar-refractivity contribution < 1.29 is 0 Å². The van der Waals surface area contributed by atoms with Crippen molar-refractivity contribution in [1.82, 2.24) is 15.1 Å². The second-order valence-electron chi connectivity index (χ2n) is 4.14. The van der Waals surface area contributed by atoms with E-state index in [1.165, 1.54) is 11.3 Å². The molecule has 1 N–H and O–H groups in total. The van der Waals surface area contributed by atoms with Crippen LogP contribution in [0.1, 0.15) is 24.6 Å². The zero-order valence-electron chi connectivity index (χ0n) is 10.5. The number of rotatable bonds is 5. The Bertz CT molecular complexity index is 460. The van der Waals surface area contributed by atoms with Gasteiger partial charge in [0.2, 0.25) is 0 Å². The molecule has 0 saturated carbocycles. The van der Waals surface area contributed by atoms with E-state index < -0.39 is 0 Å². The molecule has 2 rings (SSSR count). The van der Waals surface area contributed by atoms with E-state index in [9.17, 15) is 0 Å². The predicted octanol–water partition coefficient (Wildman–Crippen LogP) is 2.54. The molecule has 1 aromatic heterocycles. The Hall–Kier alpha value is -1.61. The first-order valence-corrected chi connectivity index (χ1v) is 6.12. The van der Waals surface area contributed by atoms with Crippen LogP contribution in [-0.4, -0.2) is 16.8 Å². The third kappa shape index (κ3) is 2.56. The van der Waals surface area contributed by atoms with E-state index in [1.54, 1.807) is 0 Å².